The van der Waals surface area contributed by atoms with Crippen molar-refractivity contribution >= 4 is 21.8 Å². The molecule has 0 radical (unpaired) electrons. The number of nitrogens with one attached hydrogen (secondary N) is 2. The number of carbonyl (C=O) groups excluding carboxylic acids is 1. The van der Waals surface area contributed by atoms with Gasteiger partial charge in [-0.2, -0.15) is 5.26 Å². The van der Waals surface area contributed by atoms with Crippen LogP contribution >= 0.6 is 15.9 Å². The highest BCUT2D eigenvalue weighted by molar-refractivity contribution is 9.10. The monoisotopic (exact) mass is 376 g/mol. The van der Waals surface area contributed by atoms with E-state index in [9.17, 15) is 4.79 Å². The molecule has 2 heterocycles. The topological polar surface area (TPSA) is 68.2 Å². The molecule has 3 atom stereocenters. The minimum absolute atomic E-state index is 0.0229. The highest BCUT2D eigenvalue weighted by atomic mass is 79.9. The molecule has 2 aliphatic rings. The number of hydrogen-bond donors (Lipinski definition) is 2. The van der Waals surface area contributed by atoms with Crippen LogP contribution in [0.15, 0.2) is 28.7 Å². The molecule has 1 amide bonds. The predicted octanol–water partition coefficient (Wildman–Crippen LogP) is 1.78. The third kappa shape index (κ3) is 3.85. The van der Waals surface area contributed by atoms with Crippen molar-refractivity contribution in [2.45, 2.75) is 43.8 Å². The fourth-order valence-corrected chi connectivity index (χ4v) is 4.13. The molecule has 1 aromatic carbocycles. The fourth-order valence-electron chi connectivity index (χ4n) is 3.68. The number of carbonyl (C=O) groups is 1. The molecule has 2 aliphatic heterocycles. The van der Waals surface area contributed by atoms with Crippen LogP contribution in [0.5, 0.6) is 0 Å². The van der Waals surface area contributed by atoms with Gasteiger partial charge in [0.25, 0.3) is 0 Å². The molecular weight excluding hydrogens is 356 g/mol. The quantitative estimate of drug-likeness (QED) is 0.586. The molecule has 6 heteroatoms. The summed E-state index contributed by atoms with van der Waals surface area (Å²) in [5.74, 6) is 0.0229. The van der Waals surface area contributed by atoms with Crippen LogP contribution in [0.3, 0.4) is 0 Å². The van der Waals surface area contributed by atoms with Crippen LogP contribution in [0.4, 0.5) is 0 Å². The maximum absolute atomic E-state index is 12.1. The minimum Gasteiger partial charge on any atom is -0.350 e. The number of fused-ring (bicyclic) bond motifs is 2. The van der Waals surface area contributed by atoms with E-state index in [0.717, 1.165) is 36.7 Å². The summed E-state index contributed by atoms with van der Waals surface area (Å²) in [6, 6.07) is 8.86. The van der Waals surface area contributed by atoms with Crippen LogP contribution in [0, 0.1) is 11.5 Å². The zero-order valence-corrected chi connectivity index (χ0v) is 14.6. The van der Waals surface area contributed by atoms with Gasteiger partial charge in [-0.3, -0.25) is 4.79 Å². The first-order valence-corrected chi connectivity index (χ1v) is 8.89. The van der Waals surface area contributed by atoms with E-state index in [4.69, 9.17) is 5.26 Å². The Morgan fingerprint density at radius 3 is 3.04 bits per heavy atom. The molecule has 1 aromatic rings. The zero-order chi connectivity index (χ0) is 16.2. The second-order valence-corrected chi connectivity index (χ2v) is 7.19. The standard InChI is InChI=1S/C17H21BrN4O/c18-13-3-1-2-12(8-13)6-7-20-10-17(23)21-15-9-14-4-5-16(15)22(14)11-19/h1-3,8,14-16,20H,4-7,9-10H2,(H,21,23). The molecule has 2 saturated heterocycles. The van der Waals surface area contributed by atoms with Crippen molar-refractivity contribution in [2.75, 3.05) is 13.1 Å². The first-order valence-electron chi connectivity index (χ1n) is 8.10. The summed E-state index contributed by atoms with van der Waals surface area (Å²) < 4.78 is 1.08. The van der Waals surface area contributed by atoms with E-state index in [1.807, 2.05) is 17.0 Å². The van der Waals surface area contributed by atoms with Crippen molar-refractivity contribution < 1.29 is 4.79 Å². The Morgan fingerprint density at radius 1 is 1.43 bits per heavy atom. The molecule has 5 nitrogen and oxygen atoms in total. The smallest absolute Gasteiger partial charge is 0.234 e. The number of nitriles is 1. The normalized spacial score (nSPS) is 25.4. The van der Waals surface area contributed by atoms with Crippen molar-refractivity contribution in [1.29, 1.82) is 5.26 Å². The molecule has 3 unspecified atom stereocenters. The van der Waals surface area contributed by atoms with Crippen LogP contribution < -0.4 is 10.6 Å². The lowest BCUT2D eigenvalue weighted by molar-refractivity contribution is -0.121. The van der Waals surface area contributed by atoms with E-state index in [1.165, 1.54) is 5.56 Å². The molecule has 122 valence electrons. The van der Waals surface area contributed by atoms with Gasteiger partial charge in [0.1, 0.15) is 0 Å². The van der Waals surface area contributed by atoms with Crippen LogP contribution in [0.1, 0.15) is 24.8 Å². The Labute approximate surface area is 145 Å². The van der Waals surface area contributed by atoms with Gasteiger partial charge in [-0.25, -0.2) is 0 Å². The Bertz CT molecular complexity index is 615. The fraction of sp³-hybridized carbons (Fsp3) is 0.529. The Morgan fingerprint density at radius 2 is 2.30 bits per heavy atom. The largest absolute Gasteiger partial charge is 0.350 e. The summed E-state index contributed by atoms with van der Waals surface area (Å²) in [7, 11) is 0. The molecule has 0 aliphatic carbocycles. The Balaban J connectivity index is 1.37. The van der Waals surface area contributed by atoms with Gasteiger partial charge in [-0.1, -0.05) is 28.1 Å². The molecule has 2 fully saturated rings. The van der Waals surface area contributed by atoms with E-state index >= 15 is 0 Å². The van der Waals surface area contributed by atoms with Gasteiger partial charge in [0, 0.05) is 10.5 Å². The first kappa shape index (κ1) is 16.3. The van der Waals surface area contributed by atoms with E-state index in [1.54, 1.807) is 0 Å². The SMILES string of the molecule is N#CN1C2CCC1C(NC(=O)CNCCc1cccc(Br)c1)C2. The highest BCUT2D eigenvalue weighted by Crippen LogP contribution is 2.36. The summed E-state index contributed by atoms with van der Waals surface area (Å²) >= 11 is 3.46. The van der Waals surface area contributed by atoms with Crippen molar-refractivity contribution in [3.63, 3.8) is 0 Å². The second-order valence-electron chi connectivity index (χ2n) is 6.27. The summed E-state index contributed by atoms with van der Waals surface area (Å²) in [5.41, 5.74) is 1.24. The summed E-state index contributed by atoms with van der Waals surface area (Å²) in [4.78, 5) is 13.9. The average Bonchev–Trinajstić information content (AvgIpc) is 3.08. The van der Waals surface area contributed by atoms with Gasteiger partial charge < -0.3 is 15.5 Å². The van der Waals surface area contributed by atoms with Crippen molar-refractivity contribution in [1.82, 2.24) is 15.5 Å². The van der Waals surface area contributed by atoms with Gasteiger partial charge >= 0.3 is 0 Å². The van der Waals surface area contributed by atoms with Crippen molar-refractivity contribution in [2.24, 2.45) is 0 Å². The number of rotatable bonds is 6. The summed E-state index contributed by atoms with van der Waals surface area (Å²) in [6.07, 6.45) is 6.16. The van der Waals surface area contributed by atoms with E-state index in [2.05, 4.69) is 44.9 Å². The molecule has 23 heavy (non-hydrogen) atoms. The number of halogens is 1. The van der Waals surface area contributed by atoms with Crippen molar-refractivity contribution in [3.05, 3.63) is 34.3 Å². The van der Waals surface area contributed by atoms with Gasteiger partial charge in [0.2, 0.25) is 5.91 Å². The second kappa shape index (κ2) is 7.33. The maximum atomic E-state index is 12.1. The van der Waals surface area contributed by atoms with Crippen LogP contribution in [-0.2, 0) is 11.2 Å². The van der Waals surface area contributed by atoms with Gasteiger partial charge in [0.15, 0.2) is 6.19 Å². The number of amides is 1. The number of benzene rings is 1. The predicted molar refractivity (Wildman–Crippen MR) is 91.5 cm³/mol. The molecule has 2 N–H and O–H groups in total. The molecular formula is C17H21BrN4O. The van der Waals surface area contributed by atoms with E-state index in [0.29, 0.717) is 12.6 Å². The lowest BCUT2D eigenvalue weighted by atomic mass is 9.95. The van der Waals surface area contributed by atoms with Crippen LogP contribution in [0.25, 0.3) is 0 Å². The molecule has 2 bridgehead atoms. The van der Waals surface area contributed by atoms with Crippen molar-refractivity contribution in [3.8, 4) is 6.19 Å². The van der Waals surface area contributed by atoms with E-state index in [-0.39, 0.29) is 18.0 Å². The molecule has 0 spiro atoms. The zero-order valence-electron chi connectivity index (χ0n) is 13.0. The third-order valence-electron chi connectivity index (χ3n) is 4.76. The lowest BCUT2D eigenvalue weighted by Gasteiger charge is -2.22. The van der Waals surface area contributed by atoms with Gasteiger partial charge in [0.05, 0.1) is 18.6 Å². The van der Waals surface area contributed by atoms with E-state index < -0.39 is 0 Å². The highest BCUT2D eigenvalue weighted by Gasteiger charge is 2.46. The molecule has 0 aromatic heterocycles. The van der Waals surface area contributed by atoms with Gasteiger partial charge in [-0.05, 0) is 49.9 Å². The summed E-state index contributed by atoms with van der Waals surface area (Å²) in [5, 5.41) is 15.4. The third-order valence-corrected chi connectivity index (χ3v) is 5.26. The Hall–Kier alpha value is -1.58. The number of nitrogens with zero attached hydrogens (tertiary/aromatic N) is 2. The minimum atomic E-state index is 0.0229. The summed E-state index contributed by atoms with van der Waals surface area (Å²) in [6.45, 7) is 1.10. The molecule has 0 saturated carbocycles. The maximum Gasteiger partial charge on any atom is 0.234 e. The first-order chi connectivity index (χ1) is 11.2. The van der Waals surface area contributed by atoms with Crippen LogP contribution in [0.2, 0.25) is 0 Å². The average molecular weight is 377 g/mol. The lowest BCUT2D eigenvalue weighted by Crippen LogP contribution is -2.46. The Kier molecular flexibility index (Phi) is 5.19. The molecule has 3 rings (SSSR count). The van der Waals surface area contributed by atoms with Gasteiger partial charge in [-0.15, -0.1) is 0 Å². The van der Waals surface area contributed by atoms with Crippen LogP contribution in [-0.4, -0.2) is 42.0 Å². The number of hydrogen-bond acceptors (Lipinski definition) is 4.